The summed E-state index contributed by atoms with van der Waals surface area (Å²) in [5.41, 5.74) is 11.5. The normalized spacial score (nSPS) is 11.8. The predicted molar refractivity (Wildman–Crippen MR) is 324 cm³/mol. The number of hydrogen-bond donors (Lipinski definition) is 0. The summed E-state index contributed by atoms with van der Waals surface area (Å²) in [5, 5.41) is 10.0. The van der Waals surface area contributed by atoms with Gasteiger partial charge >= 0.3 is 0 Å². The number of pyridine rings is 7. The van der Waals surface area contributed by atoms with Crippen LogP contribution in [-0.4, -0.2) is 42.0 Å². The fourth-order valence-corrected chi connectivity index (χ4v) is 12.6. The maximum atomic E-state index is 17.2. The van der Waals surface area contributed by atoms with E-state index in [1.807, 2.05) is 141 Å². The molecule has 0 saturated carbocycles. The lowest BCUT2D eigenvalue weighted by Crippen LogP contribution is -2.06. The fraction of sp³-hybridized carbons (Fsp3) is 0.0597. The molecule has 0 aliphatic heterocycles. The van der Waals surface area contributed by atoms with E-state index in [0.717, 1.165) is 104 Å². The molecule has 0 bridgehead atoms. The molecule has 7 heterocycles. The Morgan fingerprint density at radius 2 is 1.13 bits per heavy atom. The largest absolute Gasteiger partial charge is 0.496 e. The van der Waals surface area contributed by atoms with Crippen LogP contribution < -0.4 is 4.74 Å². The Morgan fingerprint density at radius 3 is 1.87 bits per heavy atom. The minimum atomic E-state index is -0.521. The number of aromatic nitrogens is 7. The average Bonchev–Trinajstić information content (AvgIpc) is 3.63. The second-order valence-corrected chi connectivity index (χ2v) is 21.1. The van der Waals surface area contributed by atoms with Crippen LogP contribution in [0.1, 0.15) is 22.5 Å². The SMILES string of the molecule is COc1c(C)c(-c2nc(-c3nc(Br)c(-c4nc(Cl)c(Cl)c5c(-c6nc(C)cc7ccccc67)cccc45)c4ccccc34)cc3ccccc23)c2ncc(F)c(-c3ccc4ccccc4n3)c2c1Cc1ccc2ccccc2n1. The third-order valence-corrected chi connectivity index (χ3v) is 16.3. The van der Waals surface area contributed by atoms with Crippen LogP contribution >= 0.6 is 39.1 Å². The van der Waals surface area contributed by atoms with Gasteiger partial charge in [0.15, 0.2) is 5.82 Å². The molecule has 0 unspecified atom stereocenters. The van der Waals surface area contributed by atoms with Crippen LogP contribution in [0.25, 0.3) is 132 Å². The molecule has 79 heavy (non-hydrogen) atoms. The number of methoxy groups -OCH3 is 1. The summed E-state index contributed by atoms with van der Waals surface area (Å²) in [7, 11) is 1.65. The first-order chi connectivity index (χ1) is 38.6. The first kappa shape index (κ1) is 48.6. The van der Waals surface area contributed by atoms with E-state index < -0.39 is 5.82 Å². The topological polar surface area (TPSA) is 99.5 Å². The standard InChI is InChI=1S/C67H41BrCl2FN7O/c1-35-31-39-17-4-8-19-42(39)60(73-35)46-23-14-24-47-55(46)59(69)67(70)78-63(47)57-44-21-10-11-22-45(44)61(77-66(57)68)53-32-40-18-5-9-20-43(40)62(76-53)54-36(2)65(79-3)48(33-41-29-27-37-15-6-12-25-50(37)74-41)56-58(49(71)34-72-64(54)56)52-30-28-38-16-7-13-26-51(38)75-52/h4-32,34H,33H2,1-3H3. The van der Waals surface area contributed by atoms with Crippen LogP contribution in [-0.2, 0) is 6.42 Å². The highest BCUT2D eigenvalue weighted by Gasteiger charge is 2.29. The number of hydrogen-bond acceptors (Lipinski definition) is 8. The lowest BCUT2D eigenvalue weighted by atomic mass is 9.88. The Morgan fingerprint density at radius 1 is 0.506 bits per heavy atom. The van der Waals surface area contributed by atoms with Gasteiger partial charge in [0, 0.05) is 94.3 Å². The van der Waals surface area contributed by atoms with Crippen LogP contribution in [0.15, 0.2) is 187 Å². The zero-order chi connectivity index (χ0) is 53.6. The molecule has 14 rings (SSSR count). The van der Waals surface area contributed by atoms with Crippen molar-refractivity contribution in [1.82, 2.24) is 34.9 Å². The Kier molecular flexibility index (Phi) is 11.9. The van der Waals surface area contributed by atoms with Crippen molar-refractivity contribution in [3.8, 4) is 62.2 Å². The quantitative estimate of drug-likeness (QED) is 0.139. The van der Waals surface area contributed by atoms with E-state index >= 15 is 4.39 Å². The number of benzene rings is 7. The van der Waals surface area contributed by atoms with Crippen molar-refractivity contribution in [2.75, 3.05) is 7.11 Å². The summed E-state index contributed by atoms with van der Waals surface area (Å²) in [6, 6.07) is 58.4. The molecule has 0 atom stereocenters. The van der Waals surface area contributed by atoms with Crippen LogP contribution in [0.5, 0.6) is 5.75 Å². The molecule has 0 radical (unpaired) electrons. The van der Waals surface area contributed by atoms with Gasteiger partial charge in [0.1, 0.15) is 15.5 Å². The van der Waals surface area contributed by atoms with Gasteiger partial charge in [-0.15, -0.1) is 0 Å². The minimum Gasteiger partial charge on any atom is -0.496 e. The number of ether oxygens (including phenoxy) is 1. The van der Waals surface area contributed by atoms with Crippen LogP contribution in [0.4, 0.5) is 4.39 Å². The number of rotatable bonds is 8. The van der Waals surface area contributed by atoms with Crippen LogP contribution in [0, 0.1) is 19.7 Å². The molecule has 0 saturated heterocycles. The maximum Gasteiger partial charge on any atom is 0.151 e. The van der Waals surface area contributed by atoms with Gasteiger partial charge in [-0.3, -0.25) is 15.0 Å². The second kappa shape index (κ2) is 19.3. The molecule has 12 heteroatoms. The molecule has 8 nitrogen and oxygen atoms in total. The first-order valence-corrected chi connectivity index (χ1v) is 27.2. The van der Waals surface area contributed by atoms with Crippen molar-refractivity contribution in [2.45, 2.75) is 20.3 Å². The summed E-state index contributed by atoms with van der Waals surface area (Å²) in [5.74, 6) is 0.0440. The number of nitrogens with zero attached hydrogens (tertiary/aromatic N) is 7. The lowest BCUT2D eigenvalue weighted by Gasteiger charge is -2.22. The molecule has 0 spiro atoms. The molecule has 0 fully saturated rings. The molecule has 0 aliphatic carbocycles. The van der Waals surface area contributed by atoms with Crippen molar-refractivity contribution in [3.63, 3.8) is 0 Å². The predicted octanol–water partition coefficient (Wildman–Crippen LogP) is 18.3. The van der Waals surface area contributed by atoms with Gasteiger partial charge in [0.05, 0.1) is 69.0 Å². The first-order valence-electron chi connectivity index (χ1n) is 25.6. The van der Waals surface area contributed by atoms with Gasteiger partial charge in [0.25, 0.3) is 0 Å². The van der Waals surface area contributed by atoms with Gasteiger partial charge in [0.2, 0.25) is 0 Å². The van der Waals surface area contributed by atoms with E-state index in [9.17, 15) is 0 Å². The average molecular weight is 1130 g/mol. The van der Waals surface area contributed by atoms with Crippen LogP contribution in [0.2, 0.25) is 10.2 Å². The fourth-order valence-electron chi connectivity index (χ4n) is 11.6. The molecule has 0 amide bonds. The Balaban J connectivity index is 1.01. The highest BCUT2D eigenvalue weighted by Crippen LogP contribution is 2.49. The molecule has 7 aromatic carbocycles. The Bertz CT molecular complexity index is 4920. The Labute approximate surface area is 470 Å². The number of para-hydroxylation sites is 2. The van der Waals surface area contributed by atoms with Crippen molar-refractivity contribution in [3.05, 3.63) is 225 Å². The van der Waals surface area contributed by atoms with E-state index in [0.29, 0.717) is 72.3 Å². The molecular weight excluding hydrogens is 1090 g/mol. The monoisotopic (exact) mass is 1130 g/mol. The van der Waals surface area contributed by atoms with Crippen molar-refractivity contribution < 1.29 is 9.13 Å². The maximum absolute atomic E-state index is 17.2. The van der Waals surface area contributed by atoms with Gasteiger partial charge in [-0.05, 0) is 82.3 Å². The molecule has 7 aromatic heterocycles. The minimum absolute atomic E-state index is 0.153. The van der Waals surface area contributed by atoms with E-state index in [1.54, 1.807) is 7.11 Å². The van der Waals surface area contributed by atoms with E-state index in [-0.39, 0.29) is 5.15 Å². The summed E-state index contributed by atoms with van der Waals surface area (Å²) < 4.78 is 24.2. The summed E-state index contributed by atoms with van der Waals surface area (Å²) in [4.78, 5) is 36.3. The van der Waals surface area contributed by atoms with E-state index in [1.165, 1.54) is 6.20 Å². The Hall–Kier alpha value is -8.80. The highest BCUT2D eigenvalue weighted by atomic mass is 79.9. The zero-order valence-corrected chi connectivity index (χ0v) is 45.7. The summed E-state index contributed by atoms with van der Waals surface area (Å²) in [6.45, 7) is 4.01. The van der Waals surface area contributed by atoms with E-state index in [2.05, 4.69) is 64.5 Å². The van der Waals surface area contributed by atoms with Crippen molar-refractivity contribution in [2.24, 2.45) is 0 Å². The van der Waals surface area contributed by atoms with Crippen LogP contribution in [0.3, 0.4) is 0 Å². The summed E-state index contributed by atoms with van der Waals surface area (Å²) in [6.07, 6.45) is 1.61. The molecule has 0 N–H and O–H groups in total. The smallest absolute Gasteiger partial charge is 0.151 e. The number of aryl methyl sites for hydroxylation is 1. The van der Waals surface area contributed by atoms with E-state index in [4.69, 9.17) is 62.8 Å². The molecule has 0 aliphatic rings. The van der Waals surface area contributed by atoms with Crippen molar-refractivity contribution in [1.29, 1.82) is 0 Å². The van der Waals surface area contributed by atoms with Gasteiger partial charge in [-0.1, -0.05) is 163 Å². The number of halogens is 4. The highest BCUT2D eigenvalue weighted by molar-refractivity contribution is 9.10. The van der Waals surface area contributed by atoms with Crippen molar-refractivity contribution >= 4 is 115 Å². The number of fused-ring (bicyclic) bond motifs is 7. The second-order valence-electron chi connectivity index (χ2n) is 19.7. The molecule has 378 valence electrons. The lowest BCUT2D eigenvalue weighted by molar-refractivity contribution is 0.408. The third kappa shape index (κ3) is 8.04. The van der Waals surface area contributed by atoms with Gasteiger partial charge < -0.3 is 4.74 Å². The van der Waals surface area contributed by atoms with Gasteiger partial charge in [-0.2, -0.15) is 0 Å². The molecular formula is C67H41BrCl2FN7O. The van der Waals surface area contributed by atoms with Gasteiger partial charge in [-0.25, -0.2) is 24.3 Å². The zero-order valence-electron chi connectivity index (χ0n) is 42.6. The summed E-state index contributed by atoms with van der Waals surface area (Å²) >= 11 is 18.3. The molecule has 14 aromatic rings. The third-order valence-electron chi connectivity index (χ3n) is 15.0.